The van der Waals surface area contributed by atoms with E-state index in [4.69, 9.17) is 0 Å². The molecule has 7 heteroatoms. The molecule has 3 rings (SSSR count). The van der Waals surface area contributed by atoms with Gasteiger partial charge in [0.15, 0.2) is 11.6 Å². The third-order valence-corrected chi connectivity index (χ3v) is 5.00. The number of halogens is 2. The van der Waals surface area contributed by atoms with Crippen molar-refractivity contribution in [2.45, 2.75) is 25.9 Å². The van der Waals surface area contributed by atoms with Gasteiger partial charge in [-0.1, -0.05) is 12.1 Å². The smallest absolute Gasteiger partial charge is 0.228 e. The second-order valence-corrected chi connectivity index (χ2v) is 6.80. The minimum atomic E-state index is -0.947. The summed E-state index contributed by atoms with van der Waals surface area (Å²) in [7, 11) is 1.61. The van der Waals surface area contributed by atoms with E-state index in [1.54, 1.807) is 31.1 Å². The van der Waals surface area contributed by atoms with E-state index in [1.165, 1.54) is 11.0 Å². The van der Waals surface area contributed by atoms with Crippen LogP contribution in [0, 0.1) is 17.6 Å². The molecule has 1 aromatic carbocycles. The molecule has 0 N–H and O–H groups in total. The first-order valence-corrected chi connectivity index (χ1v) is 8.76. The van der Waals surface area contributed by atoms with Crippen LogP contribution < -0.4 is 0 Å². The van der Waals surface area contributed by atoms with E-state index >= 15 is 0 Å². The average Bonchev–Trinajstić information content (AvgIpc) is 3.03. The monoisotopic (exact) mass is 373 g/mol. The largest absolute Gasteiger partial charge is 0.339 e. The van der Waals surface area contributed by atoms with Gasteiger partial charge in [-0.3, -0.25) is 14.6 Å². The minimum Gasteiger partial charge on any atom is -0.339 e. The summed E-state index contributed by atoms with van der Waals surface area (Å²) < 4.78 is 26.6. The summed E-state index contributed by atoms with van der Waals surface area (Å²) in [5.74, 6) is -2.61. The van der Waals surface area contributed by atoms with Crippen molar-refractivity contribution in [3.8, 4) is 0 Å². The quantitative estimate of drug-likeness (QED) is 0.810. The lowest BCUT2D eigenvalue weighted by Crippen LogP contribution is -2.36. The van der Waals surface area contributed by atoms with Gasteiger partial charge >= 0.3 is 0 Å². The second kappa shape index (κ2) is 7.82. The maximum atomic E-state index is 13.5. The molecule has 2 aromatic rings. The number of rotatable bonds is 5. The zero-order valence-corrected chi connectivity index (χ0v) is 15.2. The predicted molar refractivity (Wildman–Crippen MR) is 95.3 cm³/mol. The molecular weight excluding hydrogens is 352 g/mol. The molecular formula is C20H21F2N3O2. The highest BCUT2D eigenvalue weighted by molar-refractivity contribution is 5.89. The van der Waals surface area contributed by atoms with Crippen molar-refractivity contribution < 1.29 is 18.4 Å². The van der Waals surface area contributed by atoms with Gasteiger partial charge in [0.25, 0.3) is 0 Å². The highest BCUT2D eigenvalue weighted by Gasteiger charge is 2.37. The molecule has 2 amide bonds. The number of pyridine rings is 1. The Bertz CT molecular complexity index is 844. The molecule has 0 bridgehead atoms. The number of amides is 2. The first-order chi connectivity index (χ1) is 12.9. The van der Waals surface area contributed by atoms with Gasteiger partial charge in [-0.15, -0.1) is 0 Å². The Kier molecular flexibility index (Phi) is 5.48. The summed E-state index contributed by atoms with van der Waals surface area (Å²) in [6.45, 7) is 2.43. The lowest BCUT2D eigenvalue weighted by atomic mass is 10.0. The average molecular weight is 373 g/mol. The Morgan fingerprint density at radius 3 is 2.74 bits per heavy atom. The van der Waals surface area contributed by atoms with Crippen molar-refractivity contribution in [2.24, 2.45) is 5.92 Å². The van der Waals surface area contributed by atoms with Crippen molar-refractivity contribution in [1.82, 2.24) is 14.8 Å². The molecule has 1 aromatic heterocycles. The zero-order chi connectivity index (χ0) is 19.6. The maximum absolute atomic E-state index is 13.5. The Labute approximate surface area is 156 Å². The molecule has 2 atom stereocenters. The van der Waals surface area contributed by atoms with E-state index in [0.717, 1.165) is 17.8 Å². The standard InChI is InChI=1S/C20H21F2N3O2/c1-13(14-6-7-17(21)18(22)9-14)24(2)20(27)15-10-19(26)25(11-15)12-16-5-3-4-8-23-16/h3-9,13,15H,10-12H2,1-2H3. The number of hydrogen-bond donors (Lipinski definition) is 0. The fourth-order valence-electron chi connectivity index (χ4n) is 3.25. The van der Waals surface area contributed by atoms with Crippen molar-refractivity contribution in [3.05, 3.63) is 65.5 Å². The second-order valence-electron chi connectivity index (χ2n) is 6.80. The van der Waals surface area contributed by atoms with Crippen LogP contribution in [-0.2, 0) is 16.1 Å². The van der Waals surface area contributed by atoms with Crippen LogP contribution in [0.5, 0.6) is 0 Å². The highest BCUT2D eigenvalue weighted by atomic mass is 19.2. The van der Waals surface area contributed by atoms with Crippen LogP contribution in [0.1, 0.15) is 30.6 Å². The van der Waals surface area contributed by atoms with Gasteiger partial charge in [-0.05, 0) is 36.8 Å². The van der Waals surface area contributed by atoms with Gasteiger partial charge in [-0.2, -0.15) is 0 Å². The molecule has 1 aliphatic rings. The fraction of sp³-hybridized carbons (Fsp3) is 0.350. The van der Waals surface area contributed by atoms with E-state index in [-0.39, 0.29) is 18.2 Å². The normalized spacial score (nSPS) is 17.9. The molecule has 0 saturated carbocycles. The van der Waals surface area contributed by atoms with Crippen LogP contribution in [-0.4, -0.2) is 40.2 Å². The number of hydrogen-bond acceptors (Lipinski definition) is 3. The minimum absolute atomic E-state index is 0.0899. The van der Waals surface area contributed by atoms with Crippen molar-refractivity contribution in [3.63, 3.8) is 0 Å². The van der Waals surface area contributed by atoms with Crippen LogP contribution in [0.4, 0.5) is 8.78 Å². The van der Waals surface area contributed by atoms with Gasteiger partial charge in [0.2, 0.25) is 11.8 Å². The first kappa shape index (κ1) is 18.9. The number of likely N-dealkylation sites (tertiary alicyclic amines) is 1. The van der Waals surface area contributed by atoms with E-state index in [0.29, 0.717) is 18.7 Å². The van der Waals surface area contributed by atoms with Gasteiger partial charge in [0.05, 0.1) is 24.2 Å². The zero-order valence-electron chi connectivity index (χ0n) is 15.2. The molecule has 0 radical (unpaired) electrons. The van der Waals surface area contributed by atoms with E-state index in [1.807, 2.05) is 12.1 Å². The van der Waals surface area contributed by atoms with E-state index in [2.05, 4.69) is 4.98 Å². The van der Waals surface area contributed by atoms with Gasteiger partial charge in [0.1, 0.15) is 0 Å². The van der Waals surface area contributed by atoms with Crippen LogP contribution >= 0.6 is 0 Å². The molecule has 1 fully saturated rings. The molecule has 2 heterocycles. The van der Waals surface area contributed by atoms with Crippen LogP contribution in [0.2, 0.25) is 0 Å². The van der Waals surface area contributed by atoms with Crippen molar-refractivity contribution in [1.29, 1.82) is 0 Å². The molecule has 5 nitrogen and oxygen atoms in total. The SMILES string of the molecule is CC(c1ccc(F)c(F)c1)N(C)C(=O)C1CC(=O)N(Cc2ccccn2)C1. The molecule has 0 aliphatic carbocycles. The van der Waals surface area contributed by atoms with Gasteiger partial charge in [0, 0.05) is 26.2 Å². The lowest BCUT2D eigenvalue weighted by Gasteiger charge is -2.28. The molecule has 142 valence electrons. The number of aromatic nitrogens is 1. The predicted octanol–water partition coefficient (Wildman–Crippen LogP) is 2.93. The number of carbonyl (C=O) groups is 2. The Morgan fingerprint density at radius 2 is 2.07 bits per heavy atom. The van der Waals surface area contributed by atoms with Crippen LogP contribution in [0.3, 0.4) is 0 Å². The summed E-state index contributed by atoms with van der Waals surface area (Å²) in [5, 5.41) is 0. The van der Waals surface area contributed by atoms with E-state index in [9.17, 15) is 18.4 Å². The molecule has 2 unspecified atom stereocenters. The third-order valence-electron chi connectivity index (χ3n) is 5.00. The van der Waals surface area contributed by atoms with Crippen molar-refractivity contribution >= 4 is 11.8 Å². The molecule has 1 saturated heterocycles. The number of carbonyl (C=O) groups excluding carboxylic acids is 2. The summed E-state index contributed by atoms with van der Waals surface area (Å²) in [5.41, 5.74) is 1.27. The number of benzene rings is 1. The third kappa shape index (κ3) is 4.13. The highest BCUT2D eigenvalue weighted by Crippen LogP contribution is 2.26. The Hall–Kier alpha value is -2.83. The molecule has 0 spiro atoms. The maximum Gasteiger partial charge on any atom is 0.228 e. The topological polar surface area (TPSA) is 53.5 Å². The van der Waals surface area contributed by atoms with Crippen LogP contribution in [0.25, 0.3) is 0 Å². The van der Waals surface area contributed by atoms with Crippen molar-refractivity contribution in [2.75, 3.05) is 13.6 Å². The molecule has 27 heavy (non-hydrogen) atoms. The lowest BCUT2D eigenvalue weighted by molar-refractivity contribution is -0.136. The van der Waals surface area contributed by atoms with Gasteiger partial charge in [-0.25, -0.2) is 8.78 Å². The Balaban J connectivity index is 1.66. The van der Waals surface area contributed by atoms with Gasteiger partial charge < -0.3 is 9.80 Å². The van der Waals surface area contributed by atoms with E-state index < -0.39 is 23.6 Å². The fourth-order valence-corrected chi connectivity index (χ4v) is 3.25. The number of nitrogens with zero attached hydrogens (tertiary/aromatic N) is 3. The van der Waals surface area contributed by atoms with Crippen LogP contribution in [0.15, 0.2) is 42.6 Å². The molecule has 1 aliphatic heterocycles. The summed E-state index contributed by atoms with van der Waals surface area (Å²) in [6, 6.07) is 8.65. The first-order valence-electron chi connectivity index (χ1n) is 8.76. The summed E-state index contributed by atoms with van der Waals surface area (Å²) in [6.07, 6.45) is 1.80. The summed E-state index contributed by atoms with van der Waals surface area (Å²) in [4.78, 5) is 32.4. The summed E-state index contributed by atoms with van der Waals surface area (Å²) >= 11 is 0. The Morgan fingerprint density at radius 1 is 1.30 bits per heavy atom.